The first-order valence-corrected chi connectivity index (χ1v) is 7.13. The number of hydrogen-bond donors (Lipinski definition) is 3. The summed E-state index contributed by atoms with van der Waals surface area (Å²) in [5.74, 6) is -0.185. The van der Waals surface area contributed by atoms with E-state index in [2.05, 4.69) is 15.5 Å². The molecule has 0 radical (unpaired) electrons. The van der Waals surface area contributed by atoms with Crippen LogP contribution in [0.3, 0.4) is 0 Å². The van der Waals surface area contributed by atoms with Crippen LogP contribution in [0.2, 0.25) is 5.02 Å². The number of phenolic OH excluding ortho intramolecular Hbond substituents is 1. The SMILES string of the molecule is Cc1[nH]nc2c(C(=O)NCc3ccc(O)c(Cl)c3)cccc12. The number of benzene rings is 2. The Bertz CT molecular complexity index is 858. The van der Waals surface area contributed by atoms with Crippen LogP contribution in [0, 0.1) is 6.92 Å². The molecule has 0 saturated carbocycles. The largest absolute Gasteiger partial charge is 0.506 e. The highest BCUT2D eigenvalue weighted by Crippen LogP contribution is 2.24. The molecule has 112 valence electrons. The van der Waals surface area contributed by atoms with Gasteiger partial charge in [-0.3, -0.25) is 9.89 Å². The van der Waals surface area contributed by atoms with Gasteiger partial charge in [-0.1, -0.05) is 29.8 Å². The number of hydrogen-bond acceptors (Lipinski definition) is 3. The molecule has 3 aromatic rings. The molecule has 1 aromatic heterocycles. The summed E-state index contributed by atoms with van der Waals surface area (Å²) >= 11 is 5.85. The van der Waals surface area contributed by atoms with E-state index < -0.39 is 0 Å². The standard InChI is InChI=1S/C16H14ClN3O2/c1-9-11-3-2-4-12(15(11)20-19-9)16(22)18-8-10-5-6-14(21)13(17)7-10/h2-7,21H,8H2,1H3,(H,18,22)(H,19,20). The third-order valence-electron chi connectivity index (χ3n) is 3.49. The van der Waals surface area contributed by atoms with Crippen molar-refractivity contribution >= 4 is 28.4 Å². The molecule has 0 unspecified atom stereocenters. The Hall–Kier alpha value is -2.53. The number of phenols is 1. The Balaban J connectivity index is 1.80. The zero-order chi connectivity index (χ0) is 15.7. The monoisotopic (exact) mass is 315 g/mol. The Labute approximate surface area is 131 Å². The van der Waals surface area contributed by atoms with Gasteiger partial charge in [0.1, 0.15) is 11.3 Å². The smallest absolute Gasteiger partial charge is 0.253 e. The second kappa shape index (κ2) is 5.69. The molecule has 0 spiro atoms. The number of aromatic hydroxyl groups is 1. The normalized spacial score (nSPS) is 10.8. The predicted octanol–water partition coefficient (Wildman–Crippen LogP) is 3.16. The lowest BCUT2D eigenvalue weighted by Gasteiger charge is -2.07. The first kappa shape index (κ1) is 14.4. The van der Waals surface area contributed by atoms with Crippen LogP contribution in [-0.4, -0.2) is 21.2 Å². The molecule has 5 nitrogen and oxygen atoms in total. The maximum absolute atomic E-state index is 12.3. The number of amides is 1. The van der Waals surface area contributed by atoms with Crippen LogP contribution in [0.25, 0.3) is 10.9 Å². The van der Waals surface area contributed by atoms with E-state index in [-0.39, 0.29) is 16.7 Å². The number of fused-ring (bicyclic) bond motifs is 1. The minimum atomic E-state index is -0.207. The van der Waals surface area contributed by atoms with Gasteiger partial charge in [0.2, 0.25) is 0 Å². The number of para-hydroxylation sites is 1. The second-order valence-electron chi connectivity index (χ2n) is 5.02. The molecule has 0 bridgehead atoms. The number of H-pyrrole nitrogens is 1. The summed E-state index contributed by atoms with van der Waals surface area (Å²) < 4.78 is 0. The molecule has 22 heavy (non-hydrogen) atoms. The molecule has 1 amide bonds. The molecule has 3 N–H and O–H groups in total. The van der Waals surface area contributed by atoms with Crippen LogP contribution in [0.1, 0.15) is 21.6 Å². The van der Waals surface area contributed by atoms with Gasteiger partial charge in [0.15, 0.2) is 0 Å². The summed E-state index contributed by atoms with van der Waals surface area (Å²) in [5.41, 5.74) is 2.91. The maximum atomic E-state index is 12.3. The van der Waals surface area contributed by atoms with Crippen LogP contribution in [0.15, 0.2) is 36.4 Å². The summed E-state index contributed by atoms with van der Waals surface area (Å²) in [6.07, 6.45) is 0. The van der Waals surface area contributed by atoms with E-state index >= 15 is 0 Å². The highest BCUT2D eigenvalue weighted by molar-refractivity contribution is 6.32. The van der Waals surface area contributed by atoms with E-state index in [4.69, 9.17) is 11.6 Å². The zero-order valence-corrected chi connectivity index (χ0v) is 12.6. The molecule has 0 aliphatic rings. The van der Waals surface area contributed by atoms with Gasteiger partial charge in [-0.05, 0) is 30.7 Å². The van der Waals surface area contributed by atoms with Crippen LogP contribution in [0.5, 0.6) is 5.75 Å². The highest BCUT2D eigenvalue weighted by atomic mass is 35.5. The van der Waals surface area contributed by atoms with Gasteiger partial charge >= 0.3 is 0 Å². The number of nitrogens with zero attached hydrogens (tertiary/aromatic N) is 1. The van der Waals surface area contributed by atoms with E-state index in [1.54, 1.807) is 18.2 Å². The number of rotatable bonds is 3. The van der Waals surface area contributed by atoms with E-state index in [1.807, 2.05) is 19.1 Å². The summed E-state index contributed by atoms with van der Waals surface area (Å²) in [7, 11) is 0. The molecule has 0 fully saturated rings. The van der Waals surface area contributed by atoms with Crippen molar-refractivity contribution in [2.24, 2.45) is 0 Å². The first-order chi connectivity index (χ1) is 10.6. The molecule has 0 aliphatic carbocycles. The van der Waals surface area contributed by atoms with Gasteiger partial charge in [0.05, 0.1) is 10.6 Å². The molecule has 3 rings (SSSR count). The Kier molecular flexibility index (Phi) is 3.73. The van der Waals surface area contributed by atoms with Crippen molar-refractivity contribution in [3.05, 3.63) is 58.2 Å². The third-order valence-corrected chi connectivity index (χ3v) is 3.79. The van der Waals surface area contributed by atoms with E-state index in [0.29, 0.717) is 17.6 Å². The lowest BCUT2D eigenvalue weighted by Crippen LogP contribution is -2.23. The molecule has 2 aromatic carbocycles. The minimum Gasteiger partial charge on any atom is -0.506 e. The van der Waals surface area contributed by atoms with Crippen molar-refractivity contribution in [2.75, 3.05) is 0 Å². The number of aryl methyl sites for hydroxylation is 1. The summed E-state index contributed by atoms with van der Waals surface area (Å²) in [6, 6.07) is 10.3. The third kappa shape index (κ3) is 2.63. The molecule has 0 saturated heterocycles. The van der Waals surface area contributed by atoms with E-state index in [1.165, 1.54) is 6.07 Å². The number of carbonyl (C=O) groups excluding carboxylic acids is 1. The summed E-state index contributed by atoms with van der Waals surface area (Å²) in [5, 5.41) is 20.5. The summed E-state index contributed by atoms with van der Waals surface area (Å²) in [4.78, 5) is 12.3. The number of aromatic nitrogens is 2. The van der Waals surface area contributed by atoms with Gasteiger partial charge in [-0.2, -0.15) is 5.10 Å². The molecular weight excluding hydrogens is 302 g/mol. The van der Waals surface area contributed by atoms with Crippen molar-refractivity contribution in [3.63, 3.8) is 0 Å². The predicted molar refractivity (Wildman–Crippen MR) is 85.1 cm³/mol. The van der Waals surface area contributed by atoms with Crippen molar-refractivity contribution in [3.8, 4) is 5.75 Å². The molecule has 0 aliphatic heterocycles. The minimum absolute atomic E-state index is 0.0218. The fourth-order valence-electron chi connectivity index (χ4n) is 2.29. The van der Waals surface area contributed by atoms with Gasteiger partial charge < -0.3 is 10.4 Å². The highest BCUT2D eigenvalue weighted by Gasteiger charge is 2.13. The zero-order valence-electron chi connectivity index (χ0n) is 11.9. The van der Waals surface area contributed by atoms with E-state index in [0.717, 1.165) is 16.6 Å². The fourth-order valence-corrected chi connectivity index (χ4v) is 2.49. The second-order valence-corrected chi connectivity index (χ2v) is 5.43. The molecule has 0 atom stereocenters. The molecule has 6 heteroatoms. The fraction of sp³-hybridized carbons (Fsp3) is 0.125. The lowest BCUT2D eigenvalue weighted by atomic mass is 10.1. The Morgan fingerprint density at radius 3 is 2.95 bits per heavy atom. The first-order valence-electron chi connectivity index (χ1n) is 6.75. The van der Waals surface area contributed by atoms with Crippen LogP contribution in [0.4, 0.5) is 0 Å². The Morgan fingerprint density at radius 1 is 1.36 bits per heavy atom. The summed E-state index contributed by atoms with van der Waals surface area (Å²) in [6.45, 7) is 2.23. The average Bonchev–Trinajstić information content (AvgIpc) is 2.90. The topological polar surface area (TPSA) is 78.0 Å². The van der Waals surface area contributed by atoms with Crippen LogP contribution >= 0.6 is 11.6 Å². The number of carbonyl (C=O) groups is 1. The lowest BCUT2D eigenvalue weighted by molar-refractivity contribution is 0.0952. The Morgan fingerprint density at radius 2 is 2.18 bits per heavy atom. The van der Waals surface area contributed by atoms with Gasteiger partial charge in [0.25, 0.3) is 5.91 Å². The number of halogens is 1. The van der Waals surface area contributed by atoms with E-state index in [9.17, 15) is 9.90 Å². The van der Waals surface area contributed by atoms with Crippen LogP contribution < -0.4 is 5.32 Å². The molecule has 1 heterocycles. The average molecular weight is 316 g/mol. The van der Waals surface area contributed by atoms with Crippen molar-refractivity contribution in [1.29, 1.82) is 0 Å². The number of aromatic amines is 1. The van der Waals surface area contributed by atoms with Crippen molar-refractivity contribution in [2.45, 2.75) is 13.5 Å². The van der Waals surface area contributed by atoms with Gasteiger partial charge in [-0.25, -0.2) is 0 Å². The van der Waals surface area contributed by atoms with Crippen LogP contribution in [-0.2, 0) is 6.54 Å². The van der Waals surface area contributed by atoms with Crippen molar-refractivity contribution in [1.82, 2.24) is 15.5 Å². The number of nitrogens with one attached hydrogen (secondary N) is 2. The molecular formula is C16H14ClN3O2. The quantitative estimate of drug-likeness (QED) is 0.694. The maximum Gasteiger partial charge on any atom is 0.253 e. The van der Waals surface area contributed by atoms with Gasteiger partial charge in [-0.15, -0.1) is 0 Å². The van der Waals surface area contributed by atoms with Crippen molar-refractivity contribution < 1.29 is 9.90 Å². The van der Waals surface area contributed by atoms with Gasteiger partial charge in [0, 0.05) is 17.6 Å².